The Morgan fingerprint density at radius 2 is 1.79 bits per heavy atom. The molecule has 3 aromatic rings. The molecule has 0 bridgehead atoms. The fourth-order valence-corrected chi connectivity index (χ4v) is 4.69. The average Bonchev–Trinajstić information content (AvgIpc) is 3.14. The Balaban J connectivity index is 1.54. The van der Waals surface area contributed by atoms with E-state index in [1.165, 1.54) is 12.0 Å². The molecule has 0 spiro atoms. The van der Waals surface area contributed by atoms with Gasteiger partial charge in [-0.15, -0.1) is 0 Å². The molecule has 2 aliphatic heterocycles. The van der Waals surface area contributed by atoms with E-state index in [-0.39, 0.29) is 31.1 Å². The molecule has 0 unspecified atom stereocenters. The molecule has 38 heavy (non-hydrogen) atoms. The summed E-state index contributed by atoms with van der Waals surface area (Å²) >= 11 is 0. The number of amides is 1. The quantitative estimate of drug-likeness (QED) is 0.418. The highest BCUT2D eigenvalue weighted by Crippen LogP contribution is 2.38. The minimum atomic E-state index is -0.949. The van der Waals surface area contributed by atoms with Crippen LogP contribution < -0.4 is 9.64 Å². The molecule has 2 aliphatic rings. The van der Waals surface area contributed by atoms with Crippen LogP contribution in [0.2, 0.25) is 0 Å². The number of methoxy groups -OCH3 is 1. The largest absolute Gasteiger partial charge is 0.481 e. The van der Waals surface area contributed by atoms with Gasteiger partial charge in [0.25, 0.3) is 0 Å². The fourth-order valence-electron chi connectivity index (χ4n) is 4.69. The summed E-state index contributed by atoms with van der Waals surface area (Å²) in [5.74, 6) is -0.609. The lowest BCUT2D eigenvalue weighted by molar-refractivity contribution is 0.130. The topological polar surface area (TPSA) is 80.7 Å². The predicted octanol–water partition coefficient (Wildman–Crippen LogP) is 5.19. The molecule has 2 atom stereocenters. The van der Waals surface area contributed by atoms with Gasteiger partial charge in [0.2, 0.25) is 11.8 Å². The van der Waals surface area contributed by atoms with Crippen LogP contribution in [0.3, 0.4) is 0 Å². The molecule has 2 saturated heterocycles. The van der Waals surface area contributed by atoms with Crippen molar-refractivity contribution in [1.29, 1.82) is 0 Å². The van der Waals surface area contributed by atoms with Gasteiger partial charge >= 0.3 is 6.09 Å². The monoisotopic (exact) mass is 527 g/mol. The van der Waals surface area contributed by atoms with Crippen LogP contribution >= 0.6 is 0 Å². The van der Waals surface area contributed by atoms with Crippen molar-refractivity contribution in [2.24, 2.45) is 0 Å². The van der Waals surface area contributed by atoms with Crippen LogP contribution in [-0.4, -0.2) is 58.4 Å². The Bertz CT molecular complexity index is 1350. The number of benzene rings is 1. The van der Waals surface area contributed by atoms with Crippen LogP contribution in [0, 0.1) is 11.6 Å². The molecule has 0 aliphatic carbocycles. The first-order valence-electron chi connectivity index (χ1n) is 12.4. The second-order valence-corrected chi connectivity index (χ2v) is 9.89. The lowest BCUT2D eigenvalue weighted by Crippen LogP contribution is -2.49. The minimum Gasteiger partial charge on any atom is -0.481 e. The highest BCUT2D eigenvalue weighted by molar-refractivity contribution is 5.74. The summed E-state index contributed by atoms with van der Waals surface area (Å²) in [6.45, 7) is 6.21. The molecule has 1 amide bonds. The number of ether oxygens (including phenoxy) is 2. The van der Waals surface area contributed by atoms with E-state index < -0.39 is 36.0 Å². The summed E-state index contributed by atoms with van der Waals surface area (Å²) in [7, 11) is 1.51. The molecule has 2 aromatic heterocycles. The van der Waals surface area contributed by atoms with Crippen molar-refractivity contribution in [1.82, 2.24) is 19.9 Å². The highest BCUT2D eigenvalue weighted by Gasteiger charge is 2.41. The standard InChI is InChI=1S/C27H28F3N5O3/c1-14(2)17-7-21(25(37-4)31-9-17)22-10-32-26(34-11-20(30)12-34)33-23(22)13-35-15(3)24(38-27(35)36)16-5-18(28)8-19(29)6-16/h5-10,14-15,20,24H,11-13H2,1-4H3/t15-,24-/m0/s1. The second-order valence-electron chi connectivity index (χ2n) is 9.89. The van der Waals surface area contributed by atoms with E-state index in [2.05, 4.69) is 9.97 Å². The van der Waals surface area contributed by atoms with Gasteiger partial charge in [-0.2, -0.15) is 0 Å². The molecule has 5 rings (SSSR count). The number of carbonyl (C=O) groups excluding carboxylic acids is 1. The molecule has 0 radical (unpaired) electrons. The maximum Gasteiger partial charge on any atom is 0.411 e. The Morgan fingerprint density at radius 1 is 1.08 bits per heavy atom. The number of rotatable bonds is 7. The number of hydrogen-bond donors (Lipinski definition) is 0. The number of pyridine rings is 1. The van der Waals surface area contributed by atoms with Gasteiger partial charge in [0.05, 0.1) is 38.5 Å². The van der Waals surface area contributed by atoms with Gasteiger partial charge in [0, 0.05) is 35.2 Å². The summed E-state index contributed by atoms with van der Waals surface area (Å²) in [6, 6.07) is 4.46. The zero-order chi connectivity index (χ0) is 27.1. The first kappa shape index (κ1) is 25.7. The predicted molar refractivity (Wildman–Crippen MR) is 134 cm³/mol. The number of anilines is 1. The van der Waals surface area contributed by atoms with Crippen molar-refractivity contribution in [3.63, 3.8) is 0 Å². The number of hydrogen-bond acceptors (Lipinski definition) is 7. The molecule has 4 heterocycles. The highest BCUT2D eigenvalue weighted by atomic mass is 19.1. The van der Waals surface area contributed by atoms with E-state index in [0.29, 0.717) is 28.6 Å². The molecule has 2 fully saturated rings. The third-order valence-electron chi connectivity index (χ3n) is 6.92. The zero-order valence-corrected chi connectivity index (χ0v) is 21.5. The maximum atomic E-state index is 13.9. The number of aromatic nitrogens is 3. The Kier molecular flexibility index (Phi) is 6.85. The molecule has 0 N–H and O–H groups in total. The van der Waals surface area contributed by atoms with E-state index in [1.54, 1.807) is 24.2 Å². The Hall–Kier alpha value is -3.89. The number of alkyl halides is 1. The smallest absolute Gasteiger partial charge is 0.411 e. The summed E-state index contributed by atoms with van der Waals surface area (Å²) in [4.78, 5) is 29.7. The Labute approximate surface area is 218 Å². The van der Waals surface area contributed by atoms with Crippen LogP contribution in [0.4, 0.5) is 23.9 Å². The van der Waals surface area contributed by atoms with Gasteiger partial charge in [-0.3, -0.25) is 4.90 Å². The van der Waals surface area contributed by atoms with Crippen LogP contribution in [0.25, 0.3) is 11.1 Å². The van der Waals surface area contributed by atoms with Crippen molar-refractivity contribution in [2.45, 2.75) is 51.6 Å². The van der Waals surface area contributed by atoms with E-state index in [4.69, 9.17) is 14.5 Å². The number of nitrogens with zero attached hydrogens (tertiary/aromatic N) is 5. The third kappa shape index (κ3) is 4.84. The van der Waals surface area contributed by atoms with Crippen molar-refractivity contribution < 1.29 is 27.4 Å². The molecule has 8 nitrogen and oxygen atoms in total. The SMILES string of the molecule is COc1ncc(C(C)C)cc1-c1cnc(N2CC(F)C2)nc1CN1C(=O)O[C@H](c2cc(F)cc(F)c2)[C@@H]1C. The lowest BCUT2D eigenvalue weighted by Gasteiger charge is -2.34. The van der Waals surface area contributed by atoms with Crippen molar-refractivity contribution in [3.05, 3.63) is 65.1 Å². The van der Waals surface area contributed by atoms with E-state index in [0.717, 1.165) is 23.8 Å². The lowest BCUT2D eigenvalue weighted by atomic mass is 9.99. The summed E-state index contributed by atoms with van der Waals surface area (Å²) < 4.78 is 52.4. The van der Waals surface area contributed by atoms with Crippen molar-refractivity contribution in [2.75, 3.05) is 25.1 Å². The third-order valence-corrected chi connectivity index (χ3v) is 6.92. The van der Waals surface area contributed by atoms with Crippen LogP contribution in [0.5, 0.6) is 5.88 Å². The normalized spacial score (nSPS) is 19.6. The molecule has 0 saturated carbocycles. The molecule has 1 aromatic carbocycles. The van der Waals surface area contributed by atoms with Crippen LogP contribution in [0.15, 0.2) is 36.7 Å². The molecular formula is C27H28F3N5O3. The van der Waals surface area contributed by atoms with Crippen LogP contribution in [-0.2, 0) is 11.3 Å². The van der Waals surface area contributed by atoms with E-state index in [1.807, 2.05) is 19.9 Å². The van der Waals surface area contributed by atoms with Crippen molar-refractivity contribution in [3.8, 4) is 17.0 Å². The summed E-state index contributed by atoms with van der Waals surface area (Å²) in [5.41, 5.74) is 2.92. The first-order chi connectivity index (χ1) is 18.1. The molecule has 11 heteroatoms. The van der Waals surface area contributed by atoms with Gasteiger partial charge in [0.1, 0.15) is 23.9 Å². The minimum absolute atomic E-state index is 0.0150. The zero-order valence-electron chi connectivity index (χ0n) is 21.5. The molecular weight excluding hydrogens is 499 g/mol. The second kappa shape index (κ2) is 10.1. The molecule has 200 valence electrons. The number of halogens is 3. The summed E-state index contributed by atoms with van der Waals surface area (Å²) in [5, 5.41) is 0. The summed E-state index contributed by atoms with van der Waals surface area (Å²) in [6.07, 6.45) is 0.895. The first-order valence-corrected chi connectivity index (χ1v) is 12.4. The Morgan fingerprint density at radius 3 is 2.42 bits per heavy atom. The van der Waals surface area contributed by atoms with Gasteiger partial charge < -0.3 is 14.4 Å². The van der Waals surface area contributed by atoms with E-state index >= 15 is 0 Å². The number of cyclic esters (lactones) is 1. The van der Waals surface area contributed by atoms with Gasteiger partial charge in [-0.1, -0.05) is 13.8 Å². The van der Waals surface area contributed by atoms with Crippen molar-refractivity contribution >= 4 is 12.0 Å². The van der Waals surface area contributed by atoms with Gasteiger partial charge in [-0.25, -0.2) is 32.9 Å². The number of carbonyl (C=O) groups is 1. The maximum absolute atomic E-state index is 13.9. The van der Waals surface area contributed by atoms with Gasteiger partial charge in [-0.05, 0) is 36.6 Å². The van der Waals surface area contributed by atoms with E-state index in [9.17, 15) is 18.0 Å². The fraction of sp³-hybridized carbons (Fsp3) is 0.407. The van der Waals surface area contributed by atoms with Crippen LogP contribution in [0.1, 0.15) is 49.6 Å². The average molecular weight is 528 g/mol. The van der Waals surface area contributed by atoms with Gasteiger partial charge in [0.15, 0.2) is 0 Å².